The van der Waals surface area contributed by atoms with Crippen molar-refractivity contribution in [1.29, 1.82) is 0 Å². The number of benzene rings is 1. The molecular weight excluding hydrogens is 352 g/mol. The van der Waals surface area contributed by atoms with Crippen LogP contribution in [0, 0.1) is 12.3 Å². The lowest BCUT2D eigenvalue weighted by molar-refractivity contribution is -0.136. The molecule has 1 unspecified atom stereocenters. The van der Waals surface area contributed by atoms with Gasteiger partial charge in [0.1, 0.15) is 0 Å². The van der Waals surface area contributed by atoms with E-state index in [1.54, 1.807) is 0 Å². The molecule has 1 aromatic rings. The van der Waals surface area contributed by atoms with Gasteiger partial charge in [-0.05, 0) is 60.9 Å². The third-order valence-electron chi connectivity index (χ3n) is 6.37. The smallest absolute Gasteiger partial charge is 0.334 e. The molecule has 0 N–H and O–H groups in total. The molecule has 1 aliphatic rings. The van der Waals surface area contributed by atoms with Crippen molar-refractivity contribution in [2.24, 2.45) is 5.41 Å². The van der Waals surface area contributed by atoms with Gasteiger partial charge in [0.2, 0.25) is 0 Å². The van der Waals surface area contributed by atoms with E-state index < -0.39 is 8.32 Å². The second-order valence-corrected chi connectivity index (χ2v) is 14.7. The van der Waals surface area contributed by atoms with Gasteiger partial charge in [-0.2, -0.15) is 0 Å². The Morgan fingerprint density at radius 3 is 2.30 bits per heavy atom. The summed E-state index contributed by atoms with van der Waals surface area (Å²) in [5.74, 6) is -0.205. The van der Waals surface area contributed by atoms with Crippen molar-refractivity contribution >= 4 is 19.9 Å². The monoisotopic (exact) mass is 388 g/mol. The van der Waals surface area contributed by atoms with Gasteiger partial charge in [0.25, 0.3) is 0 Å². The summed E-state index contributed by atoms with van der Waals surface area (Å²) >= 11 is 0. The quantitative estimate of drug-likeness (QED) is 0.449. The fourth-order valence-corrected chi connectivity index (χ4v) is 4.43. The third kappa shape index (κ3) is 5.11. The van der Waals surface area contributed by atoms with Crippen molar-refractivity contribution in [2.75, 3.05) is 13.7 Å². The van der Waals surface area contributed by atoms with Crippen LogP contribution in [0.4, 0.5) is 0 Å². The summed E-state index contributed by atoms with van der Waals surface area (Å²) < 4.78 is 11.6. The van der Waals surface area contributed by atoms with Crippen LogP contribution in [0.1, 0.15) is 58.1 Å². The normalized spacial score (nSPS) is 21.3. The van der Waals surface area contributed by atoms with Crippen molar-refractivity contribution in [3.63, 3.8) is 0 Å². The maximum Gasteiger partial charge on any atom is 0.334 e. The zero-order valence-corrected chi connectivity index (χ0v) is 19.4. The Balaban J connectivity index is 2.28. The van der Waals surface area contributed by atoms with Crippen LogP contribution in [-0.2, 0) is 14.0 Å². The minimum atomic E-state index is -1.81. The van der Waals surface area contributed by atoms with Crippen LogP contribution >= 0.6 is 0 Å². The number of carbonyl (C=O) groups excluding carboxylic acids is 1. The Morgan fingerprint density at radius 1 is 1.19 bits per heavy atom. The van der Waals surface area contributed by atoms with Gasteiger partial charge in [0.05, 0.1) is 7.11 Å². The Morgan fingerprint density at radius 2 is 1.78 bits per heavy atom. The highest BCUT2D eigenvalue weighted by atomic mass is 28.4. The topological polar surface area (TPSA) is 35.5 Å². The number of rotatable bonds is 5. The van der Waals surface area contributed by atoms with E-state index in [2.05, 4.69) is 72.0 Å². The van der Waals surface area contributed by atoms with Crippen LogP contribution in [0.3, 0.4) is 0 Å². The lowest BCUT2D eigenvalue weighted by Crippen LogP contribution is -2.44. The van der Waals surface area contributed by atoms with Crippen molar-refractivity contribution in [2.45, 2.75) is 72.0 Å². The molecule has 0 aliphatic heterocycles. The summed E-state index contributed by atoms with van der Waals surface area (Å²) in [5, 5.41) is 0.187. The molecule has 27 heavy (non-hydrogen) atoms. The number of hydrogen-bond donors (Lipinski definition) is 0. The summed E-state index contributed by atoms with van der Waals surface area (Å²) in [6, 6.07) is 8.43. The summed E-state index contributed by atoms with van der Waals surface area (Å²) in [4.78, 5) is 12.6. The minimum absolute atomic E-state index is 0.0345. The Bertz CT molecular complexity index is 710. The van der Waals surface area contributed by atoms with Crippen LogP contribution < -0.4 is 0 Å². The average Bonchev–Trinajstić information content (AvgIpc) is 2.59. The molecule has 4 heteroatoms. The predicted octanol–water partition coefficient (Wildman–Crippen LogP) is 6.13. The first-order valence-electron chi connectivity index (χ1n) is 9.90. The maximum atomic E-state index is 12.6. The molecule has 0 saturated carbocycles. The number of aryl methyl sites for hydroxylation is 1. The van der Waals surface area contributed by atoms with Crippen molar-refractivity contribution in [3.05, 3.63) is 41.0 Å². The third-order valence-corrected chi connectivity index (χ3v) is 10.8. The second kappa shape index (κ2) is 7.92. The van der Waals surface area contributed by atoms with E-state index in [1.807, 2.05) is 0 Å². The number of esters is 1. The second-order valence-electron chi connectivity index (χ2n) is 9.85. The van der Waals surface area contributed by atoms with E-state index >= 15 is 0 Å². The zero-order valence-electron chi connectivity index (χ0n) is 18.4. The molecule has 3 nitrogen and oxygen atoms in total. The van der Waals surface area contributed by atoms with E-state index in [1.165, 1.54) is 12.7 Å². The molecule has 150 valence electrons. The summed E-state index contributed by atoms with van der Waals surface area (Å²) in [5.41, 5.74) is 4.27. The van der Waals surface area contributed by atoms with E-state index in [9.17, 15) is 4.79 Å². The minimum Gasteiger partial charge on any atom is -0.466 e. The summed E-state index contributed by atoms with van der Waals surface area (Å²) in [6.07, 6.45) is 2.60. The van der Waals surface area contributed by atoms with Crippen molar-refractivity contribution in [3.8, 4) is 0 Å². The summed E-state index contributed by atoms with van der Waals surface area (Å²) in [6.45, 7) is 16.4. The predicted molar refractivity (Wildman–Crippen MR) is 115 cm³/mol. The first-order valence-corrected chi connectivity index (χ1v) is 12.8. The highest BCUT2D eigenvalue weighted by Gasteiger charge is 2.41. The number of hydrogen-bond acceptors (Lipinski definition) is 3. The highest BCUT2D eigenvalue weighted by molar-refractivity contribution is 6.74. The SMILES string of the molecule is COC(=O)C1=C(c2ccc(C)cc2)CCC(C)(CO[Si](C)(C)C(C)(C)C)C1. The number of allylic oxidation sites excluding steroid dienone is 1. The van der Waals surface area contributed by atoms with Crippen LogP contribution in [0.2, 0.25) is 18.1 Å². The Hall–Kier alpha value is -1.39. The van der Waals surface area contributed by atoms with Crippen molar-refractivity contribution < 1.29 is 14.0 Å². The van der Waals surface area contributed by atoms with E-state index in [0.29, 0.717) is 13.0 Å². The molecule has 1 atom stereocenters. The van der Waals surface area contributed by atoms with Crippen LogP contribution in [0.25, 0.3) is 5.57 Å². The first kappa shape index (κ1) is 21.9. The lowest BCUT2D eigenvalue weighted by atomic mass is 9.72. The summed E-state index contributed by atoms with van der Waals surface area (Å²) in [7, 11) is -0.340. The van der Waals surface area contributed by atoms with Crippen LogP contribution in [-0.4, -0.2) is 28.0 Å². The molecule has 1 aromatic carbocycles. The molecular formula is C23H36O3Si. The highest BCUT2D eigenvalue weighted by Crippen LogP contribution is 2.45. The van der Waals surface area contributed by atoms with E-state index in [4.69, 9.17) is 9.16 Å². The van der Waals surface area contributed by atoms with Gasteiger partial charge in [-0.1, -0.05) is 57.5 Å². The molecule has 0 saturated heterocycles. The van der Waals surface area contributed by atoms with Crippen LogP contribution in [0.5, 0.6) is 0 Å². The number of ether oxygens (including phenoxy) is 1. The van der Waals surface area contributed by atoms with Gasteiger partial charge in [-0.25, -0.2) is 4.79 Å². The molecule has 0 heterocycles. The largest absolute Gasteiger partial charge is 0.466 e. The molecule has 0 bridgehead atoms. The molecule has 0 amide bonds. The Kier molecular flexibility index (Phi) is 6.43. The van der Waals surface area contributed by atoms with Gasteiger partial charge < -0.3 is 9.16 Å². The maximum absolute atomic E-state index is 12.6. The van der Waals surface area contributed by atoms with E-state index in [-0.39, 0.29) is 16.4 Å². The molecule has 0 spiro atoms. The zero-order chi connectivity index (χ0) is 20.5. The number of methoxy groups -OCH3 is 1. The van der Waals surface area contributed by atoms with Gasteiger partial charge in [-0.3, -0.25) is 0 Å². The van der Waals surface area contributed by atoms with Gasteiger partial charge in [0, 0.05) is 12.2 Å². The van der Waals surface area contributed by atoms with E-state index in [0.717, 1.165) is 29.6 Å². The average molecular weight is 389 g/mol. The lowest BCUT2D eigenvalue weighted by Gasteiger charge is -2.42. The molecule has 0 aromatic heterocycles. The van der Waals surface area contributed by atoms with Gasteiger partial charge >= 0.3 is 5.97 Å². The molecule has 1 aliphatic carbocycles. The molecule has 2 rings (SSSR count). The fourth-order valence-electron chi connectivity index (χ4n) is 3.29. The first-order chi connectivity index (χ1) is 12.4. The van der Waals surface area contributed by atoms with Gasteiger partial charge in [0.15, 0.2) is 8.32 Å². The van der Waals surface area contributed by atoms with Crippen LogP contribution in [0.15, 0.2) is 29.8 Å². The standard InChI is InChI=1S/C23H36O3Si/c1-17-9-11-18(12-10-17)19-13-14-23(5,15-20(19)21(24)25-6)16-26-27(7,8)22(2,3)4/h9-12H,13-16H2,1-8H3. The molecule has 0 fully saturated rings. The van der Waals surface area contributed by atoms with Gasteiger partial charge in [-0.15, -0.1) is 0 Å². The number of carbonyl (C=O) groups is 1. The molecule has 0 radical (unpaired) electrons. The Labute approximate surface area is 166 Å². The fraction of sp³-hybridized carbons (Fsp3) is 0.609. The van der Waals surface area contributed by atoms with Crippen molar-refractivity contribution in [1.82, 2.24) is 0 Å².